The maximum Gasteiger partial charge on any atom is 0.305 e. The Morgan fingerprint density at radius 3 is 0.683 bits per heavy atom. The third kappa shape index (κ3) is 51.3. The quantitative estimate of drug-likeness (QED) is 0.0217. The van der Waals surface area contributed by atoms with Crippen LogP contribution >= 0.6 is 0 Å². The van der Waals surface area contributed by atoms with E-state index in [1.807, 2.05) is 72.8 Å². The van der Waals surface area contributed by atoms with Crippen LogP contribution in [-0.2, 0) is 133 Å². The first-order valence-electron chi connectivity index (χ1n) is 41.8. The summed E-state index contributed by atoms with van der Waals surface area (Å²) in [6.07, 6.45) is 0.135. The Morgan fingerprint density at radius 2 is 0.444 bits per heavy atom. The van der Waals surface area contributed by atoms with E-state index in [4.69, 9.17) is 80.9 Å². The number of aliphatic carboxylic acids is 1. The van der Waals surface area contributed by atoms with Gasteiger partial charge < -0.3 is 118 Å². The molecule has 7 amide bonds. The van der Waals surface area contributed by atoms with Crippen molar-refractivity contribution in [2.75, 3.05) is 251 Å². The molecular weight excluding hydrogens is 1650 g/mol. The van der Waals surface area contributed by atoms with Crippen molar-refractivity contribution < 1.29 is 119 Å². The highest BCUT2D eigenvalue weighted by Gasteiger charge is 2.34. The van der Waals surface area contributed by atoms with E-state index in [1.165, 1.54) is 0 Å². The molecule has 0 radical (unpaired) electrons. The molecule has 0 saturated carbocycles. The van der Waals surface area contributed by atoms with Crippen molar-refractivity contribution in [2.45, 2.75) is 77.7 Å². The number of nitrogens with one attached hydrogen (secondary N) is 7. The number of benzene rings is 3. The SMILES string of the molecule is Cc1nnc(-c2ccc(CC(=O)NCCOCCOCCOCCNC(=O)CCOCC(COCCC(=O)NCCOCCOCCOCCNC(=O)Cc3ccc(-c4nnc(C)nn4)cc3)(COCCC(=O)NCCOCCOCCOCCNC(=O)Cc3ccc(-c4nnc(C)nn4)cc3)NC(=O)CCOCCOCCOCCOCCC(=O)O)cc2)nn1. The van der Waals surface area contributed by atoms with Crippen molar-refractivity contribution >= 4 is 47.3 Å². The third-order valence-electron chi connectivity index (χ3n) is 17.1. The fourth-order valence-electron chi connectivity index (χ4n) is 10.7. The van der Waals surface area contributed by atoms with Gasteiger partial charge in [-0.25, -0.2) is 0 Å². The van der Waals surface area contributed by atoms with Gasteiger partial charge in [-0.05, 0) is 37.5 Å². The van der Waals surface area contributed by atoms with E-state index >= 15 is 0 Å². The molecule has 44 nitrogen and oxygen atoms in total. The highest BCUT2D eigenvalue weighted by molar-refractivity contribution is 5.81. The normalized spacial score (nSPS) is 11.3. The van der Waals surface area contributed by atoms with Gasteiger partial charge >= 0.3 is 5.97 Å². The summed E-state index contributed by atoms with van der Waals surface area (Å²) in [7, 11) is 0. The topological polar surface area (TPSA) is 543 Å². The van der Waals surface area contributed by atoms with E-state index in [0.29, 0.717) is 114 Å². The highest BCUT2D eigenvalue weighted by atomic mass is 16.6. The molecular formula is C82H121N19O25. The molecule has 126 heavy (non-hydrogen) atoms. The Kier molecular flexibility index (Phi) is 55.5. The van der Waals surface area contributed by atoms with Crippen LogP contribution in [0.25, 0.3) is 34.2 Å². The van der Waals surface area contributed by atoms with Gasteiger partial charge in [0.1, 0.15) is 5.54 Å². The van der Waals surface area contributed by atoms with Crippen LogP contribution in [0.3, 0.4) is 0 Å². The second-order valence-corrected chi connectivity index (χ2v) is 27.6. The lowest BCUT2D eigenvalue weighted by Crippen LogP contribution is -2.59. The van der Waals surface area contributed by atoms with Gasteiger partial charge in [0.25, 0.3) is 0 Å². The summed E-state index contributed by atoms with van der Waals surface area (Å²) in [4.78, 5) is 101. The summed E-state index contributed by atoms with van der Waals surface area (Å²) in [5.41, 5.74) is 3.25. The van der Waals surface area contributed by atoms with Crippen molar-refractivity contribution in [1.29, 1.82) is 0 Å². The molecule has 0 unspecified atom stereocenters. The number of amides is 7. The molecule has 6 aromatic rings. The predicted molar refractivity (Wildman–Crippen MR) is 447 cm³/mol. The molecule has 0 aliphatic carbocycles. The largest absolute Gasteiger partial charge is 0.481 e. The Labute approximate surface area is 731 Å². The smallest absolute Gasteiger partial charge is 0.305 e. The molecule has 44 heteroatoms. The number of carboxylic acid groups (broad SMARTS) is 1. The lowest BCUT2D eigenvalue weighted by atomic mass is 10.0. The Morgan fingerprint density at radius 1 is 0.246 bits per heavy atom. The van der Waals surface area contributed by atoms with Gasteiger partial charge in [0, 0.05) is 81.6 Å². The number of carbonyl (C=O) groups excluding carboxylic acids is 7. The van der Waals surface area contributed by atoms with Crippen LogP contribution in [0, 0.1) is 20.8 Å². The van der Waals surface area contributed by atoms with Crippen LogP contribution in [0.4, 0.5) is 0 Å². The van der Waals surface area contributed by atoms with Gasteiger partial charge in [0.05, 0.1) is 237 Å². The van der Waals surface area contributed by atoms with Crippen LogP contribution in [0.15, 0.2) is 72.8 Å². The molecule has 694 valence electrons. The summed E-state index contributed by atoms with van der Waals surface area (Å²) >= 11 is 0. The second kappa shape index (κ2) is 67.0. The van der Waals surface area contributed by atoms with Gasteiger partial charge in [0.2, 0.25) is 58.8 Å². The van der Waals surface area contributed by atoms with Crippen LogP contribution in [-0.4, -0.2) is 370 Å². The standard InChI is InChI=1S/C82H121N19O25/c1-62-90-96-79(97-91-62)68-10-4-65(5-11-68)56-75(106)86-24-35-116-43-51-121-48-40-113-32-21-83-71(102)16-28-124-59-82(89-74(105)19-27-111-38-46-119-54-55-120-47-39-112-31-20-78(109)110,60-125-29-17-72(103)84-22-33-114-41-49-122-52-44-117-36-25-87-76(107)57-66-6-12-69(13-7-66)80-98-92-63(2)93-99-80)61-126-30-18-73(104)85-23-34-115-42-50-123-53-45-118-37-26-88-77(108)58-67-8-14-70(15-9-67)81-100-94-64(3)95-101-81/h4-15H,16-61H2,1-3H3,(H,83,102)(H,84,103)(H,85,104)(H,86,106)(H,87,107)(H,88,108)(H,89,105)(H,109,110). The minimum Gasteiger partial charge on any atom is -0.481 e. The number of aryl methyl sites for hydroxylation is 3. The molecule has 0 spiro atoms. The van der Waals surface area contributed by atoms with Crippen molar-refractivity contribution in [1.82, 2.24) is 98.4 Å². The Hall–Kier alpha value is -10.4. The van der Waals surface area contributed by atoms with E-state index in [1.54, 1.807) is 20.8 Å². The first kappa shape index (κ1) is 104. The molecule has 8 N–H and O–H groups in total. The molecule has 3 heterocycles. The molecule has 3 aromatic carbocycles. The minimum atomic E-state index is -1.42. The van der Waals surface area contributed by atoms with Gasteiger partial charge in [-0.3, -0.25) is 38.4 Å². The number of hydrogen-bond donors (Lipinski definition) is 8. The molecule has 0 atom stereocenters. The number of nitrogens with zero attached hydrogens (tertiary/aromatic N) is 12. The summed E-state index contributed by atoms with van der Waals surface area (Å²) < 4.78 is 90.6. The molecule has 0 saturated heterocycles. The van der Waals surface area contributed by atoms with Crippen molar-refractivity contribution in [3.05, 3.63) is 107 Å². The van der Waals surface area contributed by atoms with Crippen molar-refractivity contribution in [3.63, 3.8) is 0 Å². The fourth-order valence-corrected chi connectivity index (χ4v) is 10.7. The van der Waals surface area contributed by atoms with E-state index in [-0.39, 0.29) is 258 Å². The minimum absolute atomic E-state index is 0.00550. The maximum absolute atomic E-state index is 13.8. The fraction of sp³-hybridized carbons (Fsp3) is 0.610. The zero-order chi connectivity index (χ0) is 89.8. The van der Waals surface area contributed by atoms with Gasteiger partial charge in [-0.1, -0.05) is 72.8 Å². The van der Waals surface area contributed by atoms with E-state index in [9.17, 15) is 38.4 Å². The molecule has 0 aliphatic rings. The second-order valence-electron chi connectivity index (χ2n) is 27.6. The van der Waals surface area contributed by atoms with E-state index < -0.39 is 17.4 Å². The number of ether oxygens (including phenoxy) is 16. The summed E-state index contributed by atoms with van der Waals surface area (Å²) in [6.45, 7) is 12.1. The summed E-state index contributed by atoms with van der Waals surface area (Å²) in [5.74, 6) is -0.300. The lowest BCUT2D eigenvalue weighted by Gasteiger charge is -2.34. The lowest BCUT2D eigenvalue weighted by molar-refractivity contribution is -0.138. The highest BCUT2D eigenvalue weighted by Crippen LogP contribution is 2.18. The third-order valence-corrected chi connectivity index (χ3v) is 17.1. The molecule has 0 fully saturated rings. The van der Waals surface area contributed by atoms with Crippen molar-refractivity contribution in [3.8, 4) is 34.2 Å². The molecule has 3 aromatic heterocycles. The summed E-state index contributed by atoms with van der Waals surface area (Å²) in [5, 5.41) is 76.4. The van der Waals surface area contributed by atoms with Crippen LogP contribution < -0.4 is 37.2 Å². The number of rotatable bonds is 76. The monoisotopic (exact) mass is 1770 g/mol. The first-order chi connectivity index (χ1) is 61.5. The first-order valence-corrected chi connectivity index (χ1v) is 41.8. The van der Waals surface area contributed by atoms with Crippen LogP contribution in [0.5, 0.6) is 0 Å². The van der Waals surface area contributed by atoms with E-state index in [2.05, 4.69) is 98.4 Å². The zero-order valence-corrected chi connectivity index (χ0v) is 72.1. The predicted octanol–water partition coefficient (Wildman–Crippen LogP) is -0.766. The molecule has 0 aliphatic heterocycles. The summed E-state index contributed by atoms with van der Waals surface area (Å²) in [6, 6.07) is 21.8. The van der Waals surface area contributed by atoms with Crippen molar-refractivity contribution in [2.24, 2.45) is 0 Å². The van der Waals surface area contributed by atoms with Gasteiger partial charge in [-0.2, -0.15) is 0 Å². The average molecular weight is 1770 g/mol. The number of carbonyl (C=O) groups is 8. The number of aromatic nitrogens is 12. The van der Waals surface area contributed by atoms with Gasteiger partial charge in [0.15, 0.2) is 17.5 Å². The average Bonchev–Trinajstić information content (AvgIpc) is 0.868. The zero-order valence-electron chi connectivity index (χ0n) is 72.1. The molecule has 0 bridgehead atoms. The maximum atomic E-state index is 13.8. The Balaban J connectivity index is 0.874. The van der Waals surface area contributed by atoms with Crippen LogP contribution in [0.1, 0.15) is 66.3 Å². The van der Waals surface area contributed by atoms with Gasteiger partial charge in [-0.15, -0.1) is 61.2 Å². The number of carboxylic acids is 1. The molecule has 6 rings (SSSR count). The van der Waals surface area contributed by atoms with E-state index in [0.717, 1.165) is 33.4 Å². The van der Waals surface area contributed by atoms with Crippen LogP contribution in [0.2, 0.25) is 0 Å². The number of hydrogen-bond acceptors (Lipinski definition) is 36. The Bertz CT molecular complexity index is 3620.